The maximum atomic E-state index is 12.4. The van der Waals surface area contributed by atoms with Crippen LogP contribution in [0, 0.1) is 0 Å². The molecule has 0 spiro atoms. The van der Waals surface area contributed by atoms with Gasteiger partial charge in [-0.1, -0.05) is 12.1 Å². The van der Waals surface area contributed by atoms with Crippen molar-refractivity contribution in [2.75, 3.05) is 13.2 Å². The second kappa shape index (κ2) is 7.04. The number of amides is 1. The van der Waals surface area contributed by atoms with Crippen molar-refractivity contribution >= 4 is 5.91 Å². The number of hydrogen-bond acceptors (Lipinski definition) is 3. The minimum atomic E-state index is -4.38. The molecule has 2 N–H and O–H groups in total. The van der Waals surface area contributed by atoms with Crippen LogP contribution in [0.3, 0.4) is 0 Å². The minimum Gasteiger partial charge on any atom is -0.507 e. The predicted octanol–water partition coefficient (Wildman–Crippen LogP) is 3.22. The van der Waals surface area contributed by atoms with E-state index in [0.717, 1.165) is 12.1 Å². The van der Waals surface area contributed by atoms with E-state index in [-0.39, 0.29) is 30.2 Å². The Morgan fingerprint density at radius 3 is 2.35 bits per heavy atom. The average molecular weight is 325 g/mol. The van der Waals surface area contributed by atoms with E-state index in [1.54, 1.807) is 12.1 Å². The molecule has 0 radical (unpaired) electrons. The number of hydrogen-bond donors (Lipinski definition) is 2. The number of nitrogens with one attached hydrogen (secondary N) is 1. The molecule has 7 heteroatoms. The molecule has 0 aliphatic rings. The Hall–Kier alpha value is -2.70. The van der Waals surface area contributed by atoms with Gasteiger partial charge in [0.15, 0.2) is 0 Å². The number of para-hydroxylation sites is 1. The van der Waals surface area contributed by atoms with E-state index in [9.17, 15) is 23.1 Å². The van der Waals surface area contributed by atoms with Gasteiger partial charge in [0, 0.05) is 0 Å². The number of halogens is 3. The maximum Gasteiger partial charge on any atom is 0.416 e. The lowest BCUT2D eigenvalue weighted by Gasteiger charge is -2.10. The number of carbonyl (C=O) groups is 1. The van der Waals surface area contributed by atoms with Crippen molar-refractivity contribution in [1.29, 1.82) is 0 Å². The van der Waals surface area contributed by atoms with Crippen LogP contribution in [0.2, 0.25) is 0 Å². The minimum absolute atomic E-state index is 0.0880. The summed E-state index contributed by atoms with van der Waals surface area (Å²) < 4.78 is 42.4. The summed E-state index contributed by atoms with van der Waals surface area (Å²) in [7, 11) is 0. The zero-order valence-corrected chi connectivity index (χ0v) is 11.9. The summed E-state index contributed by atoms with van der Waals surface area (Å²) in [6, 6.07) is 10.4. The van der Waals surface area contributed by atoms with Crippen LogP contribution in [-0.4, -0.2) is 24.2 Å². The van der Waals surface area contributed by atoms with Gasteiger partial charge in [-0.2, -0.15) is 13.2 Å². The van der Waals surface area contributed by atoms with Gasteiger partial charge in [-0.3, -0.25) is 4.79 Å². The number of phenolic OH excluding ortho intramolecular Hbond substituents is 1. The van der Waals surface area contributed by atoms with Gasteiger partial charge in [0.2, 0.25) is 0 Å². The quantitative estimate of drug-likeness (QED) is 0.830. The van der Waals surface area contributed by atoms with E-state index in [2.05, 4.69) is 5.32 Å². The van der Waals surface area contributed by atoms with E-state index in [1.165, 1.54) is 24.3 Å². The van der Waals surface area contributed by atoms with Crippen LogP contribution in [0.5, 0.6) is 11.5 Å². The normalized spacial score (nSPS) is 11.1. The monoisotopic (exact) mass is 325 g/mol. The first kappa shape index (κ1) is 16.7. The van der Waals surface area contributed by atoms with Crippen molar-refractivity contribution in [2.24, 2.45) is 0 Å². The molecule has 0 aromatic heterocycles. The molecule has 0 heterocycles. The summed E-state index contributed by atoms with van der Waals surface area (Å²) in [4.78, 5) is 11.8. The molecule has 0 saturated heterocycles. The lowest BCUT2D eigenvalue weighted by atomic mass is 10.2. The van der Waals surface area contributed by atoms with E-state index in [4.69, 9.17) is 4.74 Å². The number of alkyl halides is 3. The highest BCUT2D eigenvalue weighted by Crippen LogP contribution is 2.30. The molecule has 2 aromatic rings. The highest BCUT2D eigenvalue weighted by atomic mass is 19.4. The lowest BCUT2D eigenvalue weighted by molar-refractivity contribution is -0.137. The van der Waals surface area contributed by atoms with Crippen molar-refractivity contribution in [1.82, 2.24) is 5.32 Å². The third-order valence-corrected chi connectivity index (χ3v) is 2.99. The molecule has 0 atom stereocenters. The van der Waals surface area contributed by atoms with Crippen molar-refractivity contribution < 1.29 is 27.8 Å². The zero-order valence-electron chi connectivity index (χ0n) is 11.9. The number of rotatable bonds is 5. The second-order valence-electron chi connectivity index (χ2n) is 4.64. The molecular formula is C16H14F3NO3. The van der Waals surface area contributed by atoms with Crippen molar-refractivity contribution in [3.8, 4) is 11.5 Å². The Morgan fingerprint density at radius 2 is 1.74 bits per heavy atom. The molecule has 4 nitrogen and oxygen atoms in total. The molecule has 0 fully saturated rings. The standard InChI is InChI=1S/C16H14F3NO3/c17-16(18,19)11-5-7-12(8-6-11)23-10-9-20-15(22)13-3-1-2-4-14(13)21/h1-8,21H,9-10H2,(H,20,22). The molecule has 2 aromatic carbocycles. The Bertz CT molecular complexity index is 669. The fourth-order valence-corrected chi connectivity index (χ4v) is 1.83. The fraction of sp³-hybridized carbons (Fsp3) is 0.188. The number of ether oxygens (including phenoxy) is 1. The molecule has 0 aliphatic carbocycles. The zero-order chi connectivity index (χ0) is 16.9. The lowest BCUT2D eigenvalue weighted by Crippen LogP contribution is -2.28. The van der Waals surface area contributed by atoms with Gasteiger partial charge >= 0.3 is 6.18 Å². The first-order chi connectivity index (χ1) is 10.9. The van der Waals surface area contributed by atoms with Gasteiger partial charge in [0.1, 0.15) is 18.1 Å². The van der Waals surface area contributed by atoms with Gasteiger partial charge in [-0.05, 0) is 36.4 Å². The summed E-state index contributed by atoms with van der Waals surface area (Å²) in [6.07, 6.45) is -4.38. The van der Waals surface area contributed by atoms with Gasteiger partial charge in [0.05, 0.1) is 17.7 Å². The third kappa shape index (κ3) is 4.64. The van der Waals surface area contributed by atoms with Crippen LogP contribution in [0.15, 0.2) is 48.5 Å². The summed E-state index contributed by atoms with van der Waals surface area (Å²) in [5.41, 5.74) is -0.611. The molecule has 0 unspecified atom stereocenters. The molecule has 122 valence electrons. The van der Waals surface area contributed by atoms with Crippen molar-refractivity contribution in [2.45, 2.75) is 6.18 Å². The van der Waals surface area contributed by atoms with Crippen molar-refractivity contribution in [3.63, 3.8) is 0 Å². The molecule has 0 bridgehead atoms. The first-order valence-corrected chi connectivity index (χ1v) is 6.74. The Morgan fingerprint density at radius 1 is 1.09 bits per heavy atom. The van der Waals surface area contributed by atoms with Gasteiger partial charge in [0.25, 0.3) is 5.91 Å². The van der Waals surface area contributed by atoms with Crippen LogP contribution in [-0.2, 0) is 6.18 Å². The van der Waals surface area contributed by atoms with E-state index in [0.29, 0.717) is 0 Å². The molecular weight excluding hydrogens is 311 g/mol. The van der Waals surface area contributed by atoms with Gasteiger partial charge < -0.3 is 15.2 Å². The summed E-state index contributed by atoms with van der Waals surface area (Å²) in [6.45, 7) is 0.235. The third-order valence-electron chi connectivity index (χ3n) is 2.99. The smallest absolute Gasteiger partial charge is 0.416 e. The van der Waals surface area contributed by atoms with Crippen LogP contribution < -0.4 is 10.1 Å². The molecule has 0 aliphatic heterocycles. The Kier molecular flexibility index (Phi) is 5.10. The van der Waals surface area contributed by atoms with E-state index >= 15 is 0 Å². The molecule has 23 heavy (non-hydrogen) atoms. The van der Waals surface area contributed by atoms with Crippen LogP contribution in [0.1, 0.15) is 15.9 Å². The van der Waals surface area contributed by atoms with Crippen LogP contribution in [0.25, 0.3) is 0 Å². The predicted molar refractivity (Wildman–Crippen MR) is 77.4 cm³/mol. The van der Waals surface area contributed by atoms with Gasteiger partial charge in [-0.25, -0.2) is 0 Å². The van der Waals surface area contributed by atoms with Gasteiger partial charge in [-0.15, -0.1) is 0 Å². The number of benzene rings is 2. The highest BCUT2D eigenvalue weighted by Gasteiger charge is 2.29. The van der Waals surface area contributed by atoms with Crippen LogP contribution >= 0.6 is 0 Å². The van der Waals surface area contributed by atoms with Crippen molar-refractivity contribution in [3.05, 3.63) is 59.7 Å². The Balaban J connectivity index is 1.79. The molecule has 2 rings (SSSR count). The second-order valence-corrected chi connectivity index (χ2v) is 4.64. The van der Waals surface area contributed by atoms with Crippen LogP contribution in [0.4, 0.5) is 13.2 Å². The summed E-state index contributed by atoms with van der Waals surface area (Å²) in [5.74, 6) is -0.317. The molecule has 1 amide bonds. The largest absolute Gasteiger partial charge is 0.507 e. The topological polar surface area (TPSA) is 58.6 Å². The molecule has 0 saturated carbocycles. The van der Waals surface area contributed by atoms with E-state index < -0.39 is 17.6 Å². The SMILES string of the molecule is O=C(NCCOc1ccc(C(F)(F)F)cc1)c1ccccc1O. The number of aromatic hydroxyl groups is 1. The summed E-state index contributed by atoms with van der Waals surface area (Å²) >= 11 is 0. The highest BCUT2D eigenvalue weighted by molar-refractivity contribution is 5.96. The first-order valence-electron chi connectivity index (χ1n) is 6.74. The maximum absolute atomic E-state index is 12.4. The van der Waals surface area contributed by atoms with E-state index in [1.807, 2.05) is 0 Å². The average Bonchev–Trinajstić information content (AvgIpc) is 2.51. The Labute approximate surface area is 130 Å². The number of phenols is 1. The summed E-state index contributed by atoms with van der Waals surface area (Å²) in [5, 5.41) is 12.1. The fourth-order valence-electron chi connectivity index (χ4n) is 1.83. The number of carbonyl (C=O) groups excluding carboxylic acids is 1.